The molecule has 1 aromatic carbocycles. The van der Waals surface area contributed by atoms with E-state index in [0.29, 0.717) is 23.5 Å². The van der Waals surface area contributed by atoms with Gasteiger partial charge in [-0.15, -0.1) is 0 Å². The molecule has 5 nitrogen and oxygen atoms in total. The highest BCUT2D eigenvalue weighted by Gasteiger charge is 2.14. The van der Waals surface area contributed by atoms with E-state index in [0.717, 1.165) is 6.42 Å². The van der Waals surface area contributed by atoms with Crippen molar-refractivity contribution in [3.05, 3.63) is 23.8 Å². The summed E-state index contributed by atoms with van der Waals surface area (Å²) in [6.07, 6.45) is 1.47. The van der Waals surface area contributed by atoms with Crippen LogP contribution in [0.2, 0.25) is 0 Å². The number of nitrogens with one attached hydrogen (secondary N) is 1. The fraction of sp³-hybridized carbons (Fsp3) is 0.429. The van der Waals surface area contributed by atoms with E-state index in [-0.39, 0.29) is 5.91 Å². The van der Waals surface area contributed by atoms with Crippen molar-refractivity contribution in [1.29, 1.82) is 5.26 Å². The third-order valence-corrected chi connectivity index (χ3v) is 2.68. The molecule has 1 atom stereocenters. The monoisotopic (exact) mass is 262 g/mol. The molecule has 0 aliphatic carbocycles. The maximum Gasteiger partial charge on any atom is 0.252 e. The quantitative estimate of drug-likeness (QED) is 0.852. The van der Waals surface area contributed by atoms with E-state index in [4.69, 9.17) is 14.7 Å². The van der Waals surface area contributed by atoms with Crippen molar-refractivity contribution >= 4 is 5.91 Å². The number of benzene rings is 1. The lowest BCUT2D eigenvalue weighted by Gasteiger charge is -2.12. The maximum atomic E-state index is 12.0. The van der Waals surface area contributed by atoms with Gasteiger partial charge in [0.15, 0.2) is 11.5 Å². The van der Waals surface area contributed by atoms with Gasteiger partial charge in [-0.3, -0.25) is 4.79 Å². The fourth-order valence-electron chi connectivity index (χ4n) is 1.68. The number of hydrogen-bond acceptors (Lipinski definition) is 4. The zero-order chi connectivity index (χ0) is 14.3. The zero-order valence-corrected chi connectivity index (χ0v) is 11.4. The second-order valence-electron chi connectivity index (χ2n) is 4.01. The van der Waals surface area contributed by atoms with Gasteiger partial charge >= 0.3 is 0 Å². The number of rotatable bonds is 6. The molecule has 1 N–H and O–H groups in total. The Kier molecular flexibility index (Phi) is 5.68. The molecule has 0 spiro atoms. The van der Waals surface area contributed by atoms with Crippen LogP contribution in [0.5, 0.6) is 11.5 Å². The van der Waals surface area contributed by atoms with Gasteiger partial charge < -0.3 is 14.8 Å². The molecule has 0 heterocycles. The molecule has 0 saturated carbocycles. The van der Waals surface area contributed by atoms with Crippen LogP contribution in [-0.2, 0) is 0 Å². The highest BCUT2D eigenvalue weighted by Crippen LogP contribution is 2.27. The Hall–Kier alpha value is -2.22. The third kappa shape index (κ3) is 3.88. The van der Waals surface area contributed by atoms with Gasteiger partial charge in [0.25, 0.3) is 5.91 Å². The number of amides is 1. The highest BCUT2D eigenvalue weighted by atomic mass is 16.5. The van der Waals surface area contributed by atoms with Crippen molar-refractivity contribution in [3.63, 3.8) is 0 Å². The van der Waals surface area contributed by atoms with Gasteiger partial charge in [0.05, 0.1) is 20.3 Å². The average Bonchev–Trinajstić information content (AvgIpc) is 2.45. The third-order valence-electron chi connectivity index (χ3n) is 2.68. The van der Waals surface area contributed by atoms with Gasteiger partial charge in [-0.2, -0.15) is 5.26 Å². The number of nitrogens with zero attached hydrogens (tertiary/aromatic N) is 1. The summed E-state index contributed by atoms with van der Waals surface area (Å²) in [4.78, 5) is 12.0. The van der Waals surface area contributed by atoms with Crippen LogP contribution < -0.4 is 14.8 Å². The molecule has 0 aliphatic heterocycles. The summed E-state index contributed by atoms with van der Waals surface area (Å²) in [5.74, 6) is 0.754. The highest BCUT2D eigenvalue weighted by molar-refractivity contribution is 5.95. The zero-order valence-electron chi connectivity index (χ0n) is 11.4. The van der Waals surface area contributed by atoms with Crippen molar-refractivity contribution in [2.24, 2.45) is 0 Å². The molecule has 0 saturated heterocycles. The largest absolute Gasteiger partial charge is 0.493 e. The van der Waals surface area contributed by atoms with E-state index in [9.17, 15) is 4.79 Å². The first-order valence-corrected chi connectivity index (χ1v) is 6.08. The van der Waals surface area contributed by atoms with E-state index in [2.05, 4.69) is 11.4 Å². The lowest BCUT2D eigenvalue weighted by atomic mass is 10.1. The van der Waals surface area contributed by atoms with E-state index < -0.39 is 6.04 Å². The average molecular weight is 262 g/mol. The second kappa shape index (κ2) is 7.27. The van der Waals surface area contributed by atoms with Crippen molar-refractivity contribution in [3.8, 4) is 17.6 Å². The number of methoxy groups -OCH3 is 2. The molecule has 0 aromatic heterocycles. The molecule has 0 bridgehead atoms. The van der Waals surface area contributed by atoms with E-state index in [1.54, 1.807) is 18.2 Å². The fourth-order valence-corrected chi connectivity index (χ4v) is 1.68. The van der Waals surface area contributed by atoms with Gasteiger partial charge in [0.1, 0.15) is 6.04 Å². The van der Waals surface area contributed by atoms with Gasteiger partial charge in [-0.05, 0) is 24.6 Å². The van der Waals surface area contributed by atoms with Crippen LogP contribution in [0.3, 0.4) is 0 Å². The lowest BCUT2D eigenvalue weighted by molar-refractivity contribution is 0.0943. The van der Waals surface area contributed by atoms with Gasteiger partial charge in [-0.1, -0.05) is 13.3 Å². The minimum Gasteiger partial charge on any atom is -0.493 e. The molecule has 1 aromatic rings. The molecular formula is C14H18N2O3. The lowest BCUT2D eigenvalue weighted by Crippen LogP contribution is -2.33. The molecule has 19 heavy (non-hydrogen) atoms. The Labute approximate surface area is 113 Å². The summed E-state index contributed by atoms with van der Waals surface area (Å²) >= 11 is 0. The number of ether oxygens (including phenoxy) is 2. The first kappa shape index (κ1) is 14.8. The summed E-state index contributed by atoms with van der Waals surface area (Å²) in [6, 6.07) is 6.49. The molecule has 0 fully saturated rings. The smallest absolute Gasteiger partial charge is 0.252 e. The first-order valence-electron chi connectivity index (χ1n) is 6.08. The first-order chi connectivity index (χ1) is 9.15. The van der Waals surface area contributed by atoms with E-state index >= 15 is 0 Å². The van der Waals surface area contributed by atoms with Crippen LogP contribution >= 0.6 is 0 Å². The van der Waals surface area contributed by atoms with E-state index in [1.165, 1.54) is 14.2 Å². The number of nitriles is 1. The van der Waals surface area contributed by atoms with Crippen molar-refractivity contribution < 1.29 is 14.3 Å². The van der Waals surface area contributed by atoms with Crippen LogP contribution in [0.25, 0.3) is 0 Å². The minimum absolute atomic E-state index is 0.291. The number of carbonyl (C=O) groups is 1. The Morgan fingerprint density at radius 3 is 2.58 bits per heavy atom. The summed E-state index contributed by atoms with van der Waals surface area (Å²) in [7, 11) is 3.04. The molecule has 0 radical (unpaired) electrons. The van der Waals surface area contributed by atoms with Gasteiger partial charge in [0, 0.05) is 5.56 Å². The molecule has 1 rings (SSSR count). The molecule has 1 amide bonds. The van der Waals surface area contributed by atoms with Crippen LogP contribution in [0.15, 0.2) is 18.2 Å². The Balaban J connectivity index is 2.85. The van der Waals surface area contributed by atoms with Crippen molar-refractivity contribution in [2.75, 3.05) is 14.2 Å². The SMILES string of the molecule is CCCC(C#N)NC(=O)c1ccc(OC)c(OC)c1. The predicted octanol–water partition coefficient (Wildman–Crippen LogP) is 2.13. The topological polar surface area (TPSA) is 71.4 Å². The minimum atomic E-state index is -0.467. The number of hydrogen-bond donors (Lipinski definition) is 1. The summed E-state index contributed by atoms with van der Waals surface area (Å²) in [5, 5.41) is 11.6. The van der Waals surface area contributed by atoms with Crippen LogP contribution in [-0.4, -0.2) is 26.2 Å². The molecule has 1 unspecified atom stereocenters. The molecular weight excluding hydrogens is 244 g/mol. The van der Waals surface area contributed by atoms with Crippen LogP contribution in [0.1, 0.15) is 30.1 Å². The van der Waals surface area contributed by atoms with Crippen LogP contribution in [0.4, 0.5) is 0 Å². The van der Waals surface area contributed by atoms with Gasteiger partial charge in [-0.25, -0.2) is 0 Å². The normalized spacial score (nSPS) is 11.3. The molecule has 0 aliphatic rings. The Bertz CT molecular complexity index is 480. The van der Waals surface area contributed by atoms with Crippen molar-refractivity contribution in [1.82, 2.24) is 5.32 Å². The van der Waals surface area contributed by atoms with Gasteiger partial charge in [0.2, 0.25) is 0 Å². The van der Waals surface area contributed by atoms with Crippen molar-refractivity contribution in [2.45, 2.75) is 25.8 Å². The summed E-state index contributed by atoms with van der Waals surface area (Å²) < 4.78 is 10.2. The summed E-state index contributed by atoms with van der Waals surface area (Å²) in [5.41, 5.74) is 0.439. The van der Waals surface area contributed by atoms with E-state index in [1.807, 2.05) is 6.92 Å². The Morgan fingerprint density at radius 1 is 1.37 bits per heavy atom. The standard InChI is InChI=1S/C14H18N2O3/c1-4-5-11(9-15)16-14(17)10-6-7-12(18-2)13(8-10)19-3/h6-8,11H,4-5H2,1-3H3,(H,16,17). The summed E-state index contributed by atoms with van der Waals surface area (Å²) in [6.45, 7) is 1.97. The maximum absolute atomic E-state index is 12.0. The molecule has 5 heteroatoms. The second-order valence-corrected chi connectivity index (χ2v) is 4.01. The molecule has 102 valence electrons. The number of carbonyl (C=O) groups excluding carboxylic acids is 1. The van der Waals surface area contributed by atoms with Crippen LogP contribution in [0, 0.1) is 11.3 Å². The Morgan fingerprint density at radius 2 is 2.05 bits per heavy atom. The predicted molar refractivity (Wildman–Crippen MR) is 71.3 cm³/mol.